The van der Waals surface area contributed by atoms with Crippen molar-refractivity contribution < 1.29 is 14.3 Å². The highest BCUT2D eigenvalue weighted by Crippen LogP contribution is 2.27. The highest BCUT2D eigenvalue weighted by atomic mass is 16.5. The number of carbonyl (C=O) groups excluding carboxylic acids is 2. The largest absolute Gasteiger partial charge is 0.497 e. The molecule has 1 heterocycles. The van der Waals surface area contributed by atoms with E-state index < -0.39 is 0 Å². The minimum Gasteiger partial charge on any atom is -0.497 e. The predicted molar refractivity (Wildman–Crippen MR) is 129 cm³/mol. The number of hydrogen-bond donors (Lipinski definition) is 2. The zero-order valence-electron chi connectivity index (χ0n) is 18.4. The Morgan fingerprint density at radius 2 is 1.61 bits per heavy atom. The van der Waals surface area contributed by atoms with Crippen LogP contribution in [0.1, 0.15) is 23.7 Å². The van der Waals surface area contributed by atoms with Crippen LogP contribution < -0.4 is 15.4 Å². The molecule has 0 saturated carbocycles. The number of amides is 2. The Morgan fingerprint density at radius 3 is 2.27 bits per heavy atom. The number of ether oxygens (including phenoxy) is 1. The first-order valence-corrected chi connectivity index (χ1v) is 10.6. The van der Waals surface area contributed by atoms with Gasteiger partial charge in [0.1, 0.15) is 11.4 Å². The second-order valence-electron chi connectivity index (χ2n) is 7.34. The van der Waals surface area contributed by atoms with Crippen molar-refractivity contribution in [2.24, 2.45) is 0 Å². The molecule has 7 heteroatoms. The molecule has 0 bridgehead atoms. The van der Waals surface area contributed by atoms with Gasteiger partial charge in [0.05, 0.1) is 18.4 Å². The van der Waals surface area contributed by atoms with Gasteiger partial charge in [0.25, 0.3) is 5.91 Å². The highest BCUT2D eigenvalue weighted by Gasteiger charge is 2.19. The van der Waals surface area contributed by atoms with Gasteiger partial charge in [0.15, 0.2) is 0 Å². The third-order valence-corrected chi connectivity index (χ3v) is 5.07. The first kappa shape index (κ1) is 21.8. The van der Waals surface area contributed by atoms with E-state index in [1.165, 1.54) is 0 Å². The monoisotopic (exact) mass is 440 g/mol. The summed E-state index contributed by atoms with van der Waals surface area (Å²) in [7, 11) is 1.61. The molecule has 3 aromatic carbocycles. The first-order valence-electron chi connectivity index (χ1n) is 10.6. The van der Waals surface area contributed by atoms with E-state index in [4.69, 9.17) is 9.84 Å². The lowest BCUT2D eigenvalue weighted by atomic mass is 10.1. The maximum Gasteiger partial charge on any atom is 0.259 e. The average Bonchev–Trinajstić information content (AvgIpc) is 3.30. The second kappa shape index (κ2) is 9.82. The lowest BCUT2D eigenvalue weighted by Crippen LogP contribution is -2.13. The Morgan fingerprint density at radius 1 is 0.909 bits per heavy atom. The Labute approximate surface area is 192 Å². The van der Waals surface area contributed by atoms with Crippen LogP contribution in [0.15, 0.2) is 85.1 Å². The van der Waals surface area contributed by atoms with Gasteiger partial charge in [-0.2, -0.15) is 5.10 Å². The molecule has 2 amide bonds. The fourth-order valence-corrected chi connectivity index (χ4v) is 3.34. The number of benzene rings is 3. The van der Waals surface area contributed by atoms with E-state index in [1.807, 2.05) is 54.6 Å². The molecule has 0 atom stereocenters. The van der Waals surface area contributed by atoms with Gasteiger partial charge in [-0.15, -0.1) is 0 Å². The molecular formula is C26H24N4O3. The molecule has 2 N–H and O–H groups in total. The number of nitrogens with zero attached hydrogens (tertiary/aromatic N) is 2. The molecule has 0 radical (unpaired) electrons. The van der Waals surface area contributed by atoms with Crippen LogP contribution in [0, 0.1) is 0 Å². The van der Waals surface area contributed by atoms with E-state index in [-0.39, 0.29) is 11.8 Å². The van der Waals surface area contributed by atoms with Gasteiger partial charge in [-0.1, -0.05) is 31.2 Å². The Hall–Kier alpha value is -4.39. The molecule has 0 unspecified atom stereocenters. The average molecular weight is 441 g/mol. The van der Waals surface area contributed by atoms with Crippen molar-refractivity contribution in [3.05, 3.63) is 90.6 Å². The minimum atomic E-state index is -0.304. The summed E-state index contributed by atoms with van der Waals surface area (Å²) in [6, 6.07) is 24.1. The van der Waals surface area contributed by atoms with Crippen LogP contribution in [0.25, 0.3) is 16.9 Å². The number of aromatic nitrogens is 2. The minimum absolute atomic E-state index is 0.0931. The predicted octanol–water partition coefficient (Wildman–Crippen LogP) is 5.15. The molecule has 0 fully saturated rings. The van der Waals surface area contributed by atoms with Gasteiger partial charge in [-0.05, 0) is 54.6 Å². The molecular weight excluding hydrogens is 416 g/mol. The van der Waals surface area contributed by atoms with E-state index >= 15 is 0 Å². The number of rotatable bonds is 7. The molecule has 0 aliphatic carbocycles. The third-order valence-electron chi connectivity index (χ3n) is 5.07. The van der Waals surface area contributed by atoms with Crippen LogP contribution in [-0.4, -0.2) is 28.7 Å². The highest BCUT2D eigenvalue weighted by molar-refractivity contribution is 6.08. The lowest BCUT2D eigenvalue weighted by Gasteiger charge is -2.09. The van der Waals surface area contributed by atoms with Gasteiger partial charge in [-0.25, -0.2) is 4.68 Å². The first-order chi connectivity index (χ1) is 16.1. The van der Waals surface area contributed by atoms with Crippen molar-refractivity contribution in [3.63, 3.8) is 0 Å². The van der Waals surface area contributed by atoms with Crippen LogP contribution in [0.2, 0.25) is 0 Å². The van der Waals surface area contributed by atoms with E-state index in [2.05, 4.69) is 10.6 Å². The van der Waals surface area contributed by atoms with Gasteiger partial charge < -0.3 is 15.4 Å². The van der Waals surface area contributed by atoms with Crippen LogP contribution in [0.5, 0.6) is 5.75 Å². The van der Waals surface area contributed by atoms with Crippen molar-refractivity contribution in [2.75, 3.05) is 17.7 Å². The molecule has 7 nitrogen and oxygen atoms in total. The smallest absolute Gasteiger partial charge is 0.259 e. The van der Waals surface area contributed by atoms with Crippen molar-refractivity contribution >= 4 is 23.2 Å². The van der Waals surface area contributed by atoms with E-state index in [0.717, 1.165) is 17.0 Å². The van der Waals surface area contributed by atoms with Gasteiger partial charge in [-0.3, -0.25) is 9.59 Å². The maximum atomic E-state index is 13.3. The lowest BCUT2D eigenvalue weighted by molar-refractivity contribution is -0.115. The number of para-hydroxylation sites is 1. The number of methoxy groups -OCH3 is 1. The van der Waals surface area contributed by atoms with Gasteiger partial charge in [0, 0.05) is 29.6 Å². The topological polar surface area (TPSA) is 85.3 Å². The molecule has 33 heavy (non-hydrogen) atoms. The third kappa shape index (κ3) is 5.10. The van der Waals surface area contributed by atoms with E-state index in [0.29, 0.717) is 29.1 Å². The fourth-order valence-electron chi connectivity index (χ4n) is 3.34. The fraction of sp³-hybridized carbons (Fsp3) is 0.115. The quantitative estimate of drug-likeness (QED) is 0.416. The second-order valence-corrected chi connectivity index (χ2v) is 7.34. The number of anilines is 2. The van der Waals surface area contributed by atoms with Crippen LogP contribution in [0.3, 0.4) is 0 Å². The standard InChI is InChI=1S/C26H24N4O3/c1-3-24(31)27-19-8-7-9-20(16-19)28-26(32)23-17-30(21-10-5-4-6-11-21)29-25(23)18-12-14-22(33-2)15-13-18/h4-17H,3H2,1-2H3,(H,27,31)(H,28,32). The Balaban J connectivity index is 1.68. The van der Waals surface area contributed by atoms with Crippen molar-refractivity contribution in [1.82, 2.24) is 9.78 Å². The summed E-state index contributed by atoms with van der Waals surface area (Å²) in [5.41, 5.74) is 3.80. The van der Waals surface area contributed by atoms with Crippen molar-refractivity contribution in [3.8, 4) is 22.7 Å². The van der Waals surface area contributed by atoms with Gasteiger partial charge >= 0.3 is 0 Å². The summed E-state index contributed by atoms with van der Waals surface area (Å²) in [6.07, 6.45) is 2.09. The molecule has 0 saturated heterocycles. The Kier molecular flexibility index (Phi) is 6.50. The van der Waals surface area contributed by atoms with Crippen LogP contribution >= 0.6 is 0 Å². The summed E-state index contributed by atoms with van der Waals surface area (Å²) in [4.78, 5) is 25.0. The number of nitrogens with one attached hydrogen (secondary N) is 2. The van der Waals surface area contributed by atoms with Crippen molar-refractivity contribution in [1.29, 1.82) is 0 Å². The SMILES string of the molecule is CCC(=O)Nc1cccc(NC(=O)c2cn(-c3ccccc3)nc2-c2ccc(OC)cc2)c1. The van der Waals surface area contributed by atoms with Crippen molar-refractivity contribution in [2.45, 2.75) is 13.3 Å². The van der Waals surface area contributed by atoms with Gasteiger partial charge in [0.2, 0.25) is 5.91 Å². The molecule has 166 valence electrons. The molecule has 4 rings (SSSR count). The Bertz CT molecular complexity index is 1260. The summed E-state index contributed by atoms with van der Waals surface area (Å²) in [5.74, 6) is 0.324. The summed E-state index contributed by atoms with van der Waals surface area (Å²) >= 11 is 0. The zero-order chi connectivity index (χ0) is 23.2. The number of hydrogen-bond acceptors (Lipinski definition) is 4. The molecule has 4 aromatic rings. The molecule has 0 aliphatic heterocycles. The summed E-state index contributed by atoms with van der Waals surface area (Å²) in [6.45, 7) is 1.78. The zero-order valence-corrected chi connectivity index (χ0v) is 18.4. The maximum absolute atomic E-state index is 13.3. The molecule has 1 aromatic heterocycles. The van der Waals surface area contributed by atoms with Crippen LogP contribution in [-0.2, 0) is 4.79 Å². The summed E-state index contributed by atoms with van der Waals surface area (Å²) in [5, 5.41) is 10.4. The molecule has 0 aliphatic rings. The van der Waals surface area contributed by atoms with Crippen LogP contribution in [0.4, 0.5) is 11.4 Å². The molecule has 0 spiro atoms. The summed E-state index contributed by atoms with van der Waals surface area (Å²) < 4.78 is 6.94. The normalized spacial score (nSPS) is 10.5. The van der Waals surface area contributed by atoms with E-state index in [1.54, 1.807) is 49.2 Å². The number of carbonyl (C=O) groups is 2. The van der Waals surface area contributed by atoms with E-state index in [9.17, 15) is 9.59 Å².